The average Bonchev–Trinajstić information content (AvgIpc) is 2.75. The van der Waals surface area contributed by atoms with Crippen LogP contribution in [0.1, 0.15) is 50.7 Å². The van der Waals surface area contributed by atoms with Crippen molar-refractivity contribution < 1.29 is 17.9 Å². The second-order valence-electron chi connectivity index (χ2n) is 8.29. The Labute approximate surface area is 185 Å². The van der Waals surface area contributed by atoms with E-state index in [4.69, 9.17) is 4.74 Å². The maximum atomic E-state index is 13.1. The Bertz CT molecular complexity index is 1020. The molecular weight excluding hydrogens is 412 g/mol. The largest absolute Gasteiger partial charge is 0.494 e. The van der Waals surface area contributed by atoms with Crippen molar-refractivity contribution in [3.05, 3.63) is 53.6 Å². The third-order valence-electron chi connectivity index (χ3n) is 5.70. The van der Waals surface area contributed by atoms with Gasteiger partial charge in [0.25, 0.3) is 0 Å². The van der Waals surface area contributed by atoms with Crippen molar-refractivity contribution in [1.82, 2.24) is 4.31 Å². The third kappa shape index (κ3) is 5.28. The molecule has 2 aromatic carbocycles. The van der Waals surface area contributed by atoms with Gasteiger partial charge < -0.3 is 10.1 Å². The number of carbonyl (C=O) groups is 1. The number of amides is 1. The summed E-state index contributed by atoms with van der Waals surface area (Å²) in [7, 11) is -3.67. The lowest BCUT2D eigenvalue weighted by molar-refractivity contribution is -0.120. The Morgan fingerprint density at radius 2 is 1.90 bits per heavy atom. The number of hydrogen-bond donors (Lipinski definition) is 1. The van der Waals surface area contributed by atoms with E-state index in [0.29, 0.717) is 31.7 Å². The fourth-order valence-electron chi connectivity index (χ4n) is 3.97. The van der Waals surface area contributed by atoms with E-state index in [1.165, 1.54) is 4.31 Å². The molecule has 1 N–H and O–H groups in total. The van der Waals surface area contributed by atoms with Crippen molar-refractivity contribution in [2.24, 2.45) is 5.92 Å². The zero-order chi connectivity index (χ0) is 22.6. The summed E-state index contributed by atoms with van der Waals surface area (Å²) in [6.07, 6.45) is 1.32. The highest BCUT2D eigenvalue weighted by atomic mass is 32.2. The van der Waals surface area contributed by atoms with E-state index >= 15 is 0 Å². The van der Waals surface area contributed by atoms with Crippen LogP contribution in [0.2, 0.25) is 0 Å². The van der Waals surface area contributed by atoms with Gasteiger partial charge in [-0.3, -0.25) is 4.79 Å². The van der Waals surface area contributed by atoms with Gasteiger partial charge in [0.15, 0.2) is 0 Å². The maximum absolute atomic E-state index is 13.1. The summed E-state index contributed by atoms with van der Waals surface area (Å²) in [5.74, 6) is 0.406. The van der Waals surface area contributed by atoms with Crippen LogP contribution >= 0.6 is 0 Å². The number of anilines is 1. The highest BCUT2D eigenvalue weighted by molar-refractivity contribution is 7.89. The van der Waals surface area contributed by atoms with Crippen LogP contribution in [0.4, 0.5) is 5.69 Å². The molecule has 1 aliphatic rings. The predicted molar refractivity (Wildman–Crippen MR) is 123 cm³/mol. The summed E-state index contributed by atoms with van der Waals surface area (Å²) in [5, 5.41) is 3.09. The average molecular weight is 445 g/mol. The molecule has 0 aliphatic carbocycles. The molecule has 1 amide bonds. The van der Waals surface area contributed by atoms with Crippen LogP contribution in [-0.2, 0) is 14.8 Å². The van der Waals surface area contributed by atoms with Crippen LogP contribution in [0.25, 0.3) is 0 Å². The van der Waals surface area contributed by atoms with E-state index in [9.17, 15) is 13.2 Å². The molecule has 3 rings (SSSR count). The third-order valence-corrected chi connectivity index (χ3v) is 7.58. The first-order valence-corrected chi connectivity index (χ1v) is 12.3. The highest BCUT2D eigenvalue weighted by Gasteiger charge is 2.33. The van der Waals surface area contributed by atoms with Gasteiger partial charge in [-0.1, -0.05) is 32.0 Å². The van der Waals surface area contributed by atoms with E-state index in [1.807, 2.05) is 32.0 Å². The smallest absolute Gasteiger partial charge is 0.243 e. The van der Waals surface area contributed by atoms with Crippen molar-refractivity contribution >= 4 is 21.6 Å². The number of piperidine rings is 1. The summed E-state index contributed by atoms with van der Waals surface area (Å²) in [6, 6.07) is 12.4. The summed E-state index contributed by atoms with van der Waals surface area (Å²) in [4.78, 5) is 13.3. The minimum absolute atomic E-state index is 0.122. The lowest BCUT2D eigenvalue weighted by Gasteiger charge is -2.31. The molecule has 0 spiro atoms. The molecule has 168 valence electrons. The number of rotatable bonds is 7. The number of benzene rings is 2. The lowest BCUT2D eigenvalue weighted by Crippen LogP contribution is -2.43. The van der Waals surface area contributed by atoms with Crippen LogP contribution in [0.15, 0.2) is 47.4 Å². The minimum atomic E-state index is -3.67. The van der Waals surface area contributed by atoms with Crippen LogP contribution in [-0.4, -0.2) is 38.3 Å². The Morgan fingerprint density at radius 3 is 2.55 bits per heavy atom. The van der Waals surface area contributed by atoms with Gasteiger partial charge in [0.2, 0.25) is 15.9 Å². The van der Waals surface area contributed by atoms with Gasteiger partial charge >= 0.3 is 0 Å². The van der Waals surface area contributed by atoms with E-state index in [1.54, 1.807) is 24.3 Å². The van der Waals surface area contributed by atoms with Gasteiger partial charge in [-0.2, -0.15) is 4.31 Å². The van der Waals surface area contributed by atoms with Gasteiger partial charge in [0, 0.05) is 18.8 Å². The molecule has 0 unspecified atom stereocenters. The van der Waals surface area contributed by atoms with Crippen molar-refractivity contribution in [3.63, 3.8) is 0 Å². The van der Waals surface area contributed by atoms with Gasteiger partial charge in [-0.25, -0.2) is 8.42 Å². The Kier molecular flexibility index (Phi) is 7.38. The summed E-state index contributed by atoms with van der Waals surface area (Å²) in [6.45, 7) is 9.17. The molecule has 1 fully saturated rings. The molecule has 7 heteroatoms. The van der Waals surface area contributed by atoms with Crippen LogP contribution in [0, 0.1) is 12.8 Å². The van der Waals surface area contributed by atoms with Gasteiger partial charge in [0.1, 0.15) is 5.75 Å². The van der Waals surface area contributed by atoms with E-state index in [-0.39, 0.29) is 29.2 Å². The number of para-hydroxylation sites is 1. The summed E-state index contributed by atoms with van der Waals surface area (Å²) < 4.78 is 33.1. The number of carbonyl (C=O) groups excluding carboxylic acids is 1. The summed E-state index contributed by atoms with van der Waals surface area (Å²) >= 11 is 0. The van der Waals surface area contributed by atoms with Crippen molar-refractivity contribution in [1.29, 1.82) is 0 Å². The second-order valence-corrected chi connectivity index (χ2v) is 10.2. The fraction of sp³-hybridized carbons (Fsp3) is 0.458. The highest BCUT2D eigenvalue weighted by Crippen LogP contribution is 2.30. The zero-order valence-corrected chi connectivity index (χ0v) is 19.5. The van der Waals surface area contributed by atoms with Crippen LogP contribution in [0.3, 0.4) is 0 Å². The minimum Gasteiger partial charge on any atom is -0.494 e. The first-order valence-electron chi connectivity index (χ1n) is 10.9. The first-order chi connectivity index (χ1) is 14.7. The first kappa shape index (κ1) is 23.3. The number of hydrogen-bond acceptors (Lipinski definition) is 4. The molecule has 1 atom stereocenters. The van der Waals surface area contributed by atoms with Crippen molar-refractivity contribution in [3.8, 4) is 5.75 Å². The van der Waals surface area contributed by atoms with E-state index in [2.05, 4.69) is 19.2 Å². The molecule has 1 aliphatic heterocycles. The molecule has 0 radical (unpaired) electrons. The molecular formula is C24H32N2O4S. The van der Waals surface area contributed by atoms with Crippen molar-refractivity contribution in [2.75, 3.05) is 25.0 Å². The molecule has 0 aromatic heterocycles. The zero-order valence-electron chi connectivity index (χ0n) is 18.7. The number of nitrogens with one attached hydrogen (secondary N) is 1. The van der Waals surface area contributed by atoms with Gasteiger partial charge in [0.05, 0.1) is 17.4 Å². The molecule has 31 heavy (non-hydrogen) atoms. The van der Waals surface area contributed by atoms with Crippen molar-refractivity contribution in [2.45, 2.75) is 51.3 Å². The number of sulfonamides is 1. The quantitative estimate of drug-likeness (QED) is 0.679. The van der Waals surface area contributed by atoms with E-state index < -0.39 is 10.0 Å². The molecule has 0 saturated carbocycles. The molecule has 2 aromatic rings. The summed E-state index contributed by atoms with van der Waals surface area (Å²) in [5.41, 5.74) is 2.94. The number of ether oxygens (including phenoxy) is 1. The van der Waals surface area contributed by atoms with Crippen LogP contribution < -0.4 is 10.1 Å². The number of aryl methyl sites for hydroxylation is 1. The molecule has 0 bridgehead atoms. The monoisotopic (exact) mass is 444 g/mol. The normalized spacial score (nSPS) is 17.5. The Balaban J connectivity index is 1.75. The Hall–Kier alpha value is -2.38. The van der Waals surface area contributed by atoms with Gasteiger partial charge in [-0.05, 0) is 68.0 Å². The predicted octanol–water partition coefficient (Wildman–Crippen LogP) is 4.56. The van der Waals surface area contributed by atoms with Gasteiger partial charge in [-0.15, -0.1) is 0 Å². The lowest BCUT2D eigenvalue weighted by atomic mass is 9.95. The second kappa shape index (κ2) is 9.83. The fourth-order valence-corrected chi connectivity index (χ4v) is 5.49. The topological polar surface area (TPSA) is 75.7 Å². The SMILES string of the molecule is CCOc1ccc(S(=O)(=O)N2CCC[C@@H](C(=O)Nc3c(C)cccc3C(C)C)C2)cc1. The van der Waals surface area contributed by atoms with E-state index in [0.717, 1.165) is 16.8 Å². The Morgan fingerprint density at radius 1 is 1.19 bits per heavy atom. The molecule has 1 saturated heterocycles. The standard InChI is InChI=1S/C24H32N2O4S/c1-5-30-20-11-13-21(14-12-20)31(28,29)26-15-7-9-19(16-26)24(27)25-23-18(4)8-6-10-22(23)17(2)3/h6,8,10-14,17,19H,5,7,9,15-16H2,1-4H3,(H,25,27)/t19-/m1/s1. The number of nitrogens with zero attached hydrogens (tertiary/aromatic N) is 1. The van der Waals surface area contributed by atoms with Crippen LogP contribution in [0.5, 0.6) is 5.75 Å². The maximum Gasteiger partial charge on any atom is 0.243 e. The molecule has 6 nitrogen and oxygen atoms in total. The molecule has 1 heterocycles.